The van der Waals surface area contributed by atoms with Gasteiger partial charge in [0.1, 0.15) is 22.5 Å². The number of aromatic nitrogens is 1. The van der Waals surface area contributed by atoms with Gasteiger partial charge in [0.2, 0.25) is 0 Å². The van der Waals surface area contributed by atoms with Gasteiger partial charge in [0, 0.05) is 37.8 Å². The molecule has 0 unspecified atom stereocenters. The first kappa shape index (κ1) is 22.1. The van der Waals surface area contributed by atoms with Crippen molar-refractivity contribution < 1.29 is 4.74 Å². The summed E-state index contributed by atoms with van der Waals surface area (Å²) in [5.41, 5.74) is 3.80. The van der Waals surface area contributed by atoms with Crippen molar-refractivity contribution in [2.45, 2.75) is 39.3 Å². The quantitative estimate of drug-likeness (QED) is 0.464. The van der Waals surface area contributed by atoms with E-state index in [0.29, 0.717) is 22.5 Å². The minimum Gasteiger partial charge on any atom is -0.457 e. The molecule has 1 saturated heterocycles. The molecule has 2 heterocycles. The van der Waals surface area contributed by atoms with E-state index in [1.54, 1.807) is 6.07 Å². The number of anilines is 1. The minimum absolute atomic E-state index is 0.347. The van der Waals surface area contributed by atoms with Crippen LogP contribution in [0.2, 0.25) is 5.15 Å². The predicted molar refractivity (Wildman–Crippen MR) is 128 cm³/mol. The number of pyridine rings is 1. The predicted octanol–water partition coefficient (Wildman–Crippen LogP) is 6.09. The molecule has 4 rings (SSSR count). The van der Waals surface area contributed by atoms with E-state index < -0.39 is 0 Å². The SMILES string of the molecule is Cc1cc(C#N)cc(C)c1Oc1cc(Cl)nc(NC2CCN(Cc3ccccc3)CC2)c1. The lowest BCUT2D eigenvalue weighted by atomic mass is 10.0. The Kier molecular flexibility index (Phi) is 6.94. The van der Waals surface area contributed by atoms with Crippen LogP contribution in [0.4, 0.5) is 5.82 Å². The molecule has 0 aliphatic carbocycles. The monoisotopic (exact) mass is 446 g/mol. The van der Waals surface area contributed by atoms with Gasteiger partial charge in [-0.1, -0.05) is 41.9 Å². The average Bonchev–Trinajstić information content (AvgIpc) is 2.78. The van der Waals surface area contributed by atoms with E-state index in [2.05, 4.69) is 51.6 Å². The van der Waals surface area contributed by atoms with Crippen molar-refractivity contribution in [2.75, 3.05) is 18.4 Å². The number of hydrogen-bond donors (Lipinski definition) is 1. The summed E-state index contributed by atoms with van der Waals surface area (Å²) in [5, 5.41) is 13.1. The van der Waals surface area contributed by atoms with E-state index in [4.69, 9.17) is 21.6 Å². The Hall–Kier alpha value is -3.07. The van der Waals surface area contributed by atoms with E-state index in [1.165, 1.54) is 5.56 Å². The molecule has 0 bridgehead atoms. The van der Waals surface area contributed by atoms with Crippen LogP contribution in [0.25, 0.3) is 0 Å². The van der Waals surface area contributed by atoms with E-state index >= 15 is 0 Å². The normalized spacial score (nSPS) is 14.7. The summed E-state index contributed by atoms with van der Waals surface area (Å²) < 4.78 is 6.15. The molecule has 3 aromatic rings. The molecular formula is C26H27ClN4O. The van der Waals surface area contributed by atoms with Gasteiger partial charge in [0.05, 0.1) is 11.6 Å². The highest BCUT2D eigenvalue weighted by Gasteiger charge is 2.20. The molecule has 6 heteroatoms. The number of likely N-dealkylation sites (tertiary alicyclic amines) is 1. The van der Waals surface area contributed by atoms with Crippen LogP contribution >= 0.6 is 11.6 Å². The highest BCUT2D eigenvalue weighted by atomic mass is 35.5. The van der Waals surface area contributed by atoms with Crippen LogP contribution in [0.5, 0.6) is 11.5 Å². The largest absolute Gasteiger partial charge is 0.457 e. The van der Waals surface area contributed by atoms with E-state index in [9.17, 15) is 0 Å². The van der Waals surface area contributed by atoms with Crippen LogP contribution in [0, 0.1) is 25.2 Å². The van der Waals surface area contributed by atoms with Gasteiger partial charge < -0.3 is 10.1 Å². The first-order chi connectivity index (χ1) is 15.5. The number of nitriles is 1. The van der Waals surface area contributed by atoms with Crippen molar-refractivity contribution in [3.63, 3.8) is 0 Å². The van der Waals surface area contributed by atoms with Crippen molar-refractivity contribution in [3.8, 4) is 17.6 Å². The summed E-state index contributed by atoms with van der Waals surface area (Å²) >= 11 is 6.29. The third-order valence-corrected chi connectivity index (χ3v) is 5.96. The molecule has 2 aromatic carbocycles. The zero-order valence-electron chi connectivity index (χ0n) is 18.4. The molecule has 0 atom stereocenters. The fourth-order valence-electron chi connectivity index (χ4n) is 4.19. The molecular weight excluding hydrogens is 420 g/mol. The lowest BCUT2D eigenvalue weighted by Crippen LogP contribution is -2.38. The maximum atomic E-state index is 9.16. The standard InChI is InChI=1S/C26H27ClN4O/c1-18-12-21(16-28)13-19(2)26(18)32-23-14-24(27)30-25(15-23)29-22-8-10-31(11-9-22)17-20-6-4-3-5-7-20/h3-7,12-15,22H,8-11,17H2,1-2H3,(H,29,30). The summed E-state index contributed by atoms with van der Waals surface area (Å²) in [4.78, 5) is 6.94. The Morgan fingerprint density at radius 1 is 1.09 bits per heavy atom. The maximum Gasteiger partial charge on any atom is 0.135 e. The number of ether oxygens (including phenoxy) is 1. The van der Waals surface area contributed by atoms with E-state index in [1.807, 2.05) is 32.0 Å². The topological polar surface area (TPSA) is 61.2 Å². The van der Waals surface area contributed by atoms with Crippen LogP contribution in [-0.2, 0) is 6.54 Å². The molecule has 1 aliphatic rings. The van der Waals surface area contributed by atoms with Crippen molar-refractivity contribution >= 4 is 17.4 Å². The van der Waals surface area contributed by atoms with Gasteiger partial charge in [0.25, 0.3) is 0 Å². The highest BCUT2D eigenvalue weighted by Crippen LogP contribution is 2.32. The molecule has 0 spiro atoms. The molecule has 5 nitrogen and oxygen atoms in total. The Morgan fingerprint density at radius 2 is 1.78 bits per heavy atom. The number of rotatable bonds is 6. The number of nitrogens with zero attached hydrogens (tertiary/aromatic N) is 3. The number of hydrogen-bond acceptors (Lipinski definition) is 5. The smallest absolute Gasteiger partial charge is 0.135 e. The second-order valence-electron chi connectivity index (χ2n) is 8.34. The summed E-state index contributed by atoms with van der Waals surface area (Å²) in [7, 11) is 0. The van der Waals surface area contributed by atoms with Gasteiger partial charge in [-0.15, -0.1) is 0 Å². The van der Waals surface area contributed by atoms with Crippen molar-refractivity contribution in [1.29, 1.82) is 5.26 Å². The van der Waals surface area contributed by atoms with E-state index in [-0.39, 0.29) is 0 Å². The van der Waals surface area contributed by atoms with E-state index in [0.717, 1.165) is 55.2 Å². The second-order valence-corrected chi connectivity index (χ2v) is 8.73. The fourth-order valence-corrected chi connectivity index (χ4v) is 4.38. The lowest BCUT2D eigenvalue weighted by Gasteiger charge is -2.32. The van der Waals surface area contributed by atoms with Gasteiger partial charge in [0.15, 0.2) is 0 Å². The van der Waals surface area contributed by atoms with Crippen molar-refractivity contribution in [3.05, 3.63) is 82.0 Å². The molecule has 1 aromatic heterocycles. The van der Waals surface area contributed by atoms with Gasteiger partial charge in [-0.2, -0.15) is 5.26 Å². The molecule has 164 valence electrons. The zero-order valence-corrected chi connectivity index (χ0v) is 19.2. The molecule has 0 amide bonds. The number of nitrogens with one attached hydrogen (secondary N) is 1. The van der Waals surface area contributed by atoms with Crippen LogP contribution in [0.3, 0.4) is 0 Å². The second kappa shape index (κ2) is 10.0. The average molecular weight is 447 g/mol. The number of benzene rings is 2. The molecule has 1 fully saturated rings. The molecule has 1 N–H and O–H groups in total. The van der Waals surface area contributed by atoms with Gasteiger partial charge in [-0.3, -0.25) is 4.90 Å². The third kappa shape index (κ3) is 5.59. The number of piperidine rings is 1. The van der Waals surface area contributed by atoms with Crippen molar-refractivity contribution in [1.82, 2.24) is 9.88 Å². The van der Waals surface area contributed by atoms with Crippen LogP contribution < -0.4 is 10.1 Å². The van der Waals surface area contributed by atoms with Crippen molar-refractivity contribution in [2.24, 2.45) is 0 Å². The third-order valence-electron chi connectivity index (χ3n) is 5.77. The Morgan fingerprint density at radius 3 is 2.44 bits per heavy atom. The molecule has 32 heavy (non-hydrogen) atoms. The summed E-state index contributed by atoms with van der Waals surface area (Å²) in [6, 6.07) is 20.4. The summed E-state index contributed by atoms with van der Waals surface area (Å²) in [5.74, 6) is 2.09. The first-order valence-corrected chi connectivity index (χ1v) is 11.3. The maximum absolute atomic E-state index is 9.16. The Balaban J connectivity index is 1.39. The zero-order chi connectivity index (χ0) is 22.5. The van der Waals surface area contributed by atoms with Gasteiger partial charge in [-0.25, -0.2) is 4.98 Å². The van der Waals surface area contributed by atoms with Crippen LogP contribution in [0.1, 0.15) is 35.1 Å². The summed E-state index contributed by atoms with van der Waals surface area (Å²) in [6.45, 7) is 6.95. The van der Waals surface area contributed by atoms with Gasteiger partial charge >= 0.3 is 0 Å². The van der Waals surface area contributed by atoms with Crippen LogP contribution in [-0.4, -0.2) is 29.0 Å². The Bertz CT molecular complexity index is 1100. The summed E-state index contributed by atoms with van der Waals surface area (Å²) in [6.07, 6.45) is 2.09. The molecule has 0 saturated carbocycles. The first-order valence-electron chi connectivity index (χ1n) is 10.9. The van der Waals surface area contributed by atoms with Crippen LogP contribution in [0.15, 0.2) is 54.6 Å². The highest BCUT2D eigenvalue weighted by molar-refractivity contribution is 6.29. The molecule has 0 radical (unpaired) electrons. The molecule has 1 aliphatic heterocycles. The fraction of sp³-hybridized carbons (Fsp3) is 0.308. The number of aryl methyl sites for hydroxylation is 2. The minimum atomic E-state index is 0.347. The Labute approximate surface area is 194 Å². The number of halogens is 1. The lowest BCUT2D eigenvalue weighted by molar-refractivity contribution is 0.211. The van der Waals surface area contributed by atoms with Gasteiger partial charge in [-0.05, 0) is 55.5 Å².